The first-order chi connectivity index (χ1) is 7.56. The van der Waals surface area contributed by atoms with E-state index in [9.17, 15) is 0 Å². The molecule has 2 nitrogen and oxygen atoms in total. The minimum absolute atomic E-state index is 0.617. The average molecular weight is 246 g/mol. The molecule has 0 bridgehead atoms. The Balaban J connectivity index is 3.99. The zero-order valence-electron chi connectivity index (χ0n) is 11.9. The van der Waals surface area contributed by atoms with Crippen molar-refractivity contribution in [1.82, 2.24) is 10.2 Å². The fraction of sp³-hybridized carbons (Fsp3) is 1.00. The van der Waals surface area contributed by atoms with Crippen molar-refractivity contribution < 1.29 is 0 Å². The first-order valence-corrected chi connectivity index (χ1v) is 7.90. The van der Waals surface area contributed by atoms with Gasteiger partial charge in [-0.05, 0) is 40.0 Å². The Morgan fingerprint density at radius 3 is 2.25 bits per heavy atom. The molecule has 3 atom stereocenters. The molecule has 16 heavy (non-hydrogen) atoms. The van der Waals surface area contributed by atoms with Gasteiger partial charge in [-0.3, -0.25) is 4.90 Å². The topological polar surface area (TPSA) is 15.3 Å². The maximum atomic E-state index is 3.59. The summed E-state index contributed by atoms with van der Waals surface area (Å²) in [6.07, 6.45) is 4.64. The van der Waals surface area contributed by atoms with Gasteiger partial charge in [0.15, 0.2) is 0 Å². The molecular formula is C13H30N2S. The summed E-state index contributed by atoms with van der Waals surface area (Å²) < 4.78 is 0. The van der Waals surface area contributed by atoms with Crippen LogP contribution >= 0.6 is 11.8 Å². The van der Waals surface area contributed by atoms with Crippen molar-refractivity contribution in [3.63, 3.8) is 0 Å². The molecule has 0 saturated heterocycles. The normalized spacial score (nSPS) is 17.4. The molecule has 0 amide bonds. The van der Waals surface area contributed by atoms with Crippen LogP contribution in [0.3, 0.4) is 0 Å². The molecule has 98 valence electrons. The second-order valence-electron chi connectivity index (χ2n) is 4.75. The van der Waals surface area contributed by atoms with Gasteiger partial charge >= 0.3 is 0 Å². The van der Waals surface area contributed by atoms with Crippen molar-refractivity contribution >= 4 is 11.8 Å². The van der Waals surface area contributed by atoms with Crippen molar-refractivity contribution in [3.8, 4) is 0 Å². The van der Waals surface area contributed by atoms with Crippen molar-refractivity contribution in [3.05, 3.63) is 0 Å². The number of thioether (sulfide) groups is 1. The summed E-state index contributed by atoms with van der Waals surface area (Å²) in [5.74, 6) is 1.24. The van der Waals surface area contributed by atoms with E-state index >= 15 is 0 Å². The van der Waals surface area contributed by atoms with Crippen LogP contribution in [-0.2, 0) is 0 Å². The van der Waals surface area contributed by atoms with Gasteiger partial charge in [0, 0.05) is 30.4 Å². The predicted octanol–water partition coefficient (Wildman–Crippen LogP) is 2.84. The Morgan fingerprint density at radius 2 is 1.81 bits per heavy atom. The number of likely N-dealkylation sites (N-methyl/N-ethyl adjacent to an activating group) is 1. The maximum Gasteiger partial charge on any atom is 0.0192 e. The van der Waals surface area contributed by atoms with E-state index in [2.05, 4.69) is 51.2 Å². The fourth-order valence-corrected chi connectivity index (χ4v) is 2.59. The standard InChI is InChI=1S/C13H30N2S/c1-7-11(3)14-9-12(4)15(5)13(8-2)10-16-6/h11-14H,7-10H2,1-6H3. The molecular weight excluding hydrogens is 216 g/mol. The highest BCUT2D eigenvalue weighted by molar-refractivity contribution is 7.98. The van der Waals surface area contributed by atoms with E-state index in [1.54, 1.807) is 0 Å². The van der Waals surface area contributed by atoms with Crippen molar-refractivity contribution in [2.45, 2.75) is 58.7 Å². The van der Waals surface area contributed by atoms with E-state index in [0.717, 1.165) is 6.54 Å². The minimum atomic E-state index is 0.617. The van der Waals surface area contributed by atoms with Crippen LogP contribution in [0, 0.1) is 0 Å². The van der Waals surface area contributed by atoms with E-state index in [0.29, 0.717) is 18.1 Å². The van der Waals surface area contributed by atoms with Crippen LogP contribution in [-0.4, -0.2) is 48.6 Å². The summed E-state index contributed by atoms with van der Waals surface area (Å²) in [5.41, 5.74) is 0. The van der Waals surface area contributed by atoms with E-state index in [-0.39, 0.29) is 0 Å². The third-order valence-corrected chi connectivity index (χ3v) is 4.19. The number of nitrogens with one attached hydrogen (secondary N) is 1. The smallest absolute Gasteiger partial charge is 0.0192 e. The third kappa shape index (κ3) is 6.12. The fourth-order valence-electron chi connectivity index (χ4n) is 1.74. The predicted molar refractivity (Wildman–Crippen MR) is 77.4 cm³/mol. The summed E-state index contributed by atoms with van der Waals surface area (Å²) in [6, 6.07) is 1.96. The number of hydrogen-bond donors (Lipinski definition) is 1. The Labute approximate surface area is 107 Å². The summed E-state index contributed by atoms with van der Waals surface area (Å²) in [5, 5.41) is 3.59. The average Bonchev–Trinajstić information content (AvgIpc) is 2.31. The van der Waals surface area contributed by atoms with Gasteiger partial charge in [0.2, 0.25) is 0 Å². The summed E-state index contributed by atoms with van der Waals surface area (Å²) >= 11 is 1.95. The zero-order chi connectivity index (χ0) is 12.6. The Hall–Kier alpha value is 0.270. The van der Waals surface area contributed by atoms with Gasteiger partial charge in [-0.1, -0.05) is 13.8 Å². The maximum absolute atomic E-state index is 3.59. The highest BCUT2D eigenvalue weighted by atomic mass is 32.2. The Kier molecular flexibility index (Phi) is 9.47. The lowest BCUT2D eigenvalue weighted by Crippen LogP contribution is -2.46. The molecule has 3 unspecified atom stereocenters. The lowest BCUT2D eigenvalue weighted by molar-refractivity contribution is 0.188. The first-order valence-electron chi connectivity index (χ1n) is 6.50. The molecule has 1 N–H and O–H groups in total. The Morgan fingerprint density at radius 1 is 1.19 bits per heavy atom. The zero-order valence-corrected chi connectivity index (χ0v) is 12.7. The van der Waals surface area contributed by atoms with Gasteiger partial charge < -0.3 is 5.32 Å². The summed E-state index contributed by atoms with van der Waals surface area (Å²) in [4.78, 5) is 2.52. The second kappa shape index (κ2) is 9.32. The van der Waals surface area contributed by atoms with Gasteiger partial charge in [-0.2, -0.15) is 11.8 Å². The van der Waals surface area contributed by atoms with E-state index in [1.165, 1.54) is 18.6 Å². The molecule has 0 rings (SSSR count). The highest BCUT2D eigenvalue weighted by Crippen LogP contribution is 2.11. The molecule has 0 aromatic rings. The molecule has 0 aliphatic rings. The largest absolute Gasteiger partial charge is 0.313 e. The van der Waals surface area contributed by atoms with Crippen LogP contribution in [0.4, 0.5) is 0 Å². The van der Waals surface area contributed by atoms with Crippen molar-refractivity contribution in [1.29, 1.82) is 0 Å². The summed E-state index contributed by atoms with van der Waals surface area (Å²) in [6.45, 7) is 10.2. The van der Waals surface area contributed by atoms with Gasteiger partial charge in [-0.25, -0.2) is 0 Å². The number of nitrogens with zero attached hydrogens (tertiary/aromatic N) is 1. The molecule has 0 aliphatic carbocycles. The van der Waals surface area contributed by atoms with E-state index < -0.39 is 0 Å². The molecule has 3 heteroatoms. The molecule has 0 aromatic carbocycles. The molecule has 0 aliphatic heterocycles. The van der Waals surface area contributed by atoms with Gasteiger partial charge in [0.25, 0.3) is 0 Å². The quantitative estimate of drug-likeness (QED) is 0.673. The highest BCUT2D eigenvalue weighted by Gasteiger charge is 2.17. The lowest BCUT2D eigenvalue weighted by Gasteiger charge is -2.33. The molecule has 0 heterocycles. The molecule has 0 radical (unpaired) electrons. The van der Waals surface area contributed by atoms with Crippen LogP contribution in [0.5, 0.6) is 0 Å². The SMILES string of the molecule is CCC(C)NCC(C)N(C)C(CC)CSC. The molecule has 0 aromatic heterocycles. The van der Waals surface area contributed by atoms with Crippen LogP contribution in [0.15, 0.2) is 0 Å². The monoisotopic (exact) mass is 246 g/mol. The van der Waals surface area contributed by atoms with Crippen LogP contribution in [0.2, 0.25) is 0 Å². The summed E-state index contributed by atoms with van der Waals surface area (Å²) in [7, 11) is 2.26. The van der Waals surface area contributed by atoms with Crippen molar-refractivity contribution in [2.24, 2.45) is 0 Å². The van der Waals surface area contributed by atoms with Crippen LogP contribution in [0.25, 0.3) is 0 Å². The number of rotatable bonds is 9. The van der Waals surface area contributed by atoms with E-state index in [1.807, 2.05) is 11.8 Å². The Bertz CT molecular complexity index is 164. The van der Waals surface area contributed by atoms with Crippen LogP contribution in [0.1, 0.15) is 40.5 Å². The van der Waals surface area contributed by atoms with Gasteiger partial charge in [0.05, 0.1) is 0 Å². The van der Waals surface area contributed by atoms with Crippen molar-refractivity contribution in [2.75, 3.05) is 25.6 Å². The van der Waals surface area contributed by atoms with Crippen LogP contribution < -0.4 is 5.32 Å². The van der Waals surface area contributed by atoms with Gasteiger partial charge in [0.1, 0.15) is 0 Å². The molecule has 0 saturated carbocycles. The second-order valence-corrected chi connectivity index (χ2v) is 5.66. The number of hydrogen-bond acceptors (Lipinski definition) is 3. The molecule has 0 spiro atoms. The van der Waals surface area contributed by atoms with E-state index in [4.69, 9.17) is 0 Å². The van der Waals surface area contributed by atoms with Gasteiger partial charge in [-0.15, -0.1) is 0 Å². The lowest BCUT2D eigenvalue weighted by atomic mass is 10.1. The first kappa shape index (κ1) is 16.3. The molecule has 0 fully saturated rings. The third-order valence-electron chi connectivity index (χ3n) is 3.48. The minimum Gasteiger partial charge on any atom is -0.313 e.